The lowest BCUT2D eigenvalue weighted by atomic mass is 9.87. The van der Waals surface area contributed by atoms with Crippen molar-refractivity contribution in [2.45, 2.75) is 44.2 Å². The van der Waals surface area contributed by atoms with E-state index < -0.39 is 16.1 Å². The summed E-state index contributed by atoms with van der Waals surface area (Å²) in [4.78, 5) is 0.303. The highest BCUT2D eigenvalue weighted by Crippen LogP contribution is 2.31. The Bertz CT molecular complexity index is 621. The molecule has 0 bridgehead atoms. The molecule has 1 saturated heterocycles. The van der Waals surface area contributed by atoms with Gasteiger partial charge in [-0.2, -0.15) is 4.31 Å². The molecule has 0 unspecified atom stereocenters. The highest BCUT2D eigenvalue weighted by molar-refractivity contribution is 7.89. The van der Waals surface area contributed by atoms with E-state index in [0.29, 0.717) is 11.3 Å². The molecule has 0 spiro atoms. The van der Waals surface area contributed by atoms with Crippen molar-refractivity contribution in [1.29, 1.82) is 0 Å². The van der Waals surface area contributed by atoms with Crippen LogP contribution in [0.3, 0.4) is 0 Å². The van der Waals surface area contributed by atoms with E-state index in [1.807, 2.05) is 20.8 Å². The van der Waals surface area contributed by atoms with E-state index in [4.69, 9.17) is 0 Å². The molecule has 1 aromatic carbocycles. The maximum absolute atomic E-state index is 12.8. The second-order valence-electron chi connectivity index (χ2n) is 5.99. The minimum Gasteiger partial charge on any atom is -0.392 e. The number of piperidine rings is 1. The number of aliphatic hydroxyl groups is 1. The molecular formula is C16H23NO3S. The Kier molecular flexibility index (Phi) is 4.56. The summed E-state index contributed by atoms with van der Waals surface area (Å²) in [5.74, 6) is -0.207. The molecular weight excluding hydrogens is 286 g/mol. The molecule has 0 saturated carbocycles. The summed E-state index contributed by atoms with van der Waals surface area (Å²) in [5, 5.41) is 10.1. The summed E-state index contributed by atoms with van der Waals surface area (Å²) in [5.41, 5.74) is 1.84. The summed E-state index contributed by atoms with van der Waals surface area (Å²) in [6.45, 7) is 9.75. The van der Waals surface area contributed by atoms with Gasteiger partial charge in [0.15, 0.2) is 0 Å². The van der Waals surface area contributed by atoms with Crippen LogP contribution in [0.2, 0.25) is 0 Å². The molecule has 0 radical (unpaired) electrons. The van der Waals surface area contributed by atoms with Gasteiger partial charge in [0.25, 0.3) is 0 Å². The molecule has 0 aromatic heterocycles. The first-order chi connectivity index (χ1) is 9.73. The van der Waals surface area contributed by atoms with Gasteiger partial charge in [-0.25, -0.2) is 8.42 Å². The van der Waals surface area contributed by atoms with Crippen molar-refractivity contribution in [2.24, 2.45) is 5.92 Å². The number of aliphatic hydroxyl groups excluding tert-OH is 1. The minimum atomic E-state index is -3.54. The van der Waals surface area contributed by atoms with Crippen molar-refractivity contribution < 1.29 is 13.5 Å². The Morgan fingerprint density at radius 1 is 1.33 bits per heavy atom. The van der Waals surface area contributed by atoms with Crippen molar-refractivity contribution in [3.8, 4) is 0 Å². The first-order valence-corrected chi connectivity index (χ1v) is 8.59. The number of sulfonamides is 1. The van der Waals surface area contributed by atoms with Crippen molar-refractivity contribution >= 4 is 10.0 Å². The van der Waals surface area contributed by atoms with E-state index in [1.165, 1.54) is 4.31 Å². The zero-order chi connectivity index (χ0) is 15.8. The molecule has 0 amide bonds. The number of benzene rings is 1. The average Bonchev–Trinajstić information content (AvgIpc) is 2.38. The van der Waals surface area contributed by atoms with Gasteiger partial charge in [0, 0.05) is 18.5 Å². The Morgan fingerprint density at radius 3 is 2.43 bits per heavy atom. The van der Waals surface area contributed by atoms with Crippen molar-refractivity contribution in [2.75, 3.05) is 6.54 Å². The molecule has 21 heavy (non-hydrogen) atoms. The monoisotopic (exact) mass is 309 g/mol. The summed E-state index contributed by atoms with van der Waals surface area (Å²) >= 11 is 0. The predicted octanol–water partition coefficient (Wildman–Crippen LogP) is 2.33. The van der Waals surface area contributed by atoms with Crippen molar-refractivity contribution in [1.82, 2.24) is 4.31 Å². The first-order valence-electron chi connectivity index (χ1n) is 7.15. The van der Waals surface area contributed by atoms with Crippen LogP contribution in [0.4, 0.5) is 0 Å². The lowest BCUT2D eigenvalue weighted by Crippen LogP contribution is -2.50. The molecule has 1 heterocycles. The van der Waals surface area contributed by atoms with Crippen LogP contribution in [0.25, 0.3) is 0 Å². The van der Waals surface area contributed by atoms with Gasteiger partial charge < -0.3 is 5.11 Å². The Hall–Kier alpha value is -1.17. The lowest BCUT2D eigenvalue weighted by Gasteiger charge is -2.40. The van der Waals surface area contributed by atoms with Gasteiger partial charge in [-0.1, -0.05) is 29.8 Å². The summed E-state index contributed by atoms with van der Waals surface area (Å²) in [7, 11) is -3.54. The second-order valence-corrected chi connectivity index (χ2v) is 7.88. The van der Waals surface area contributed by atoms with Crippen LogP contribution < -0.4 is 0 Å². The third-order valence-corrected chi connectivity index (χ3v) is 6.17. The molecule has 3 atom stereocenters. The highest BCUT2D eigenvalue weighted by atomic mass is 32.2. The molecule has 1 aliphatic heterocycles. The normalized spacial score (nSPS) is 27.5. The van der Waals surface area contributed by atoms with E-state index in [1.54, 1.807) is 24.3 Å². The summed E-state index contributed by atoms with van der Waals surface area (Å²) < 4.78 is 27.1. The van der Waals surface area contributed by atoms with Crippen LogP contribution in [0.5, 0.6) is 0 Å². The van der Waals surface area contributed by atoms with Crippen LogP contribution in [-0.4, -0.2) is 36.5 Å². The van der Waals surface area contributed by atoms with Gasteiger partial charge in [0.2, 0.25) is 10.0 Å². The zero-order valence-electron chi connectivity index (χ0n) is 12.8. The van der Waals surface area contributed by atoms with Crippen LogP contribution >= 0.6 is 0 Å². The van der Waals surface area contributed by atoms with Crippen molar-refractivity contribution in [3.05, 3.63) is 42.0 Å². The smallest absolute Gasteiger partial charge is 0.243 e. The number of rotatable bonds is 3. The quantitative estimate of drug-likeness (QED) is 0.872. The number of aryl methyl sites for hydroxylation is 1. The third kappa shape index (κ3) is 3.20. The van der Waals surface area contributed by atoms with E-state index in [0.717, 1.165) is 11.1 Å². The number of hydrogen-bond acceptors (Lipinski definition) is 3. The summed E-state index contributed by atoms with van der Waals surface area (Å²) in [6.07, 6.45) is -0.0928. The number of nitrogens with zero attached hydrogens (tertiary/aromatic N) is 1. The van der Waals surface area contributed by atoms with Gasteiger partial charge in [0.05, 0.1) is 11.0 Å². The van der Waals surface area contributed by atoms with Crippen molar-refractivity contribution in [3.63, 3.8) is 0 Å². The van der Waals surface area contributed by atoms with E-state index >= 15 is 0 Å². The van der Waals surface area contributed by atoms with Gasteiger partial charge in [-0.3, -0.25) is 0 Å². The molecule has 116 valence electrons. The topological polar surface area (TPSA) is 57.6 Å². The first kappa shape index (κ1) is 16.2. The van der Waals surface area contributed by atoms with Gasteiger partial charge in [-0.15, -0.1) is 0 Å². The van der Waals surface area contributed by atoms with Gasteiger partial charge >= 0.3 is 0 Å². The molecule has 1 aliphatic rings. The standard InChI is InChI=1S/C16H23NO3S/c1-11(2)15-10-17(13(4)9-16(15)18)21(19,20)14-7-5-12(3)6-8-14/h5-8,13,15-16,18H,1,9-10H2,2-4H3/t13-,15+,16-/m0/s1. The van der Waals surface area contributed by atoms with Crippen LogP contribution in [-0.2, 0) is 10.0 Å². The second kappa shape index (κ2) is 5.91. The molecule has 1 fully saturated rings. The zero-order valence-corrected chi connectivity index (χ0v) is 13.6. The average molecular weight is 309 g/mol. The van der Waals surface area contributed by atoms with E-state index in [9.17, 15) is 13.5 Å². The molecule has 4 nitrogen and oxygen atoms in total. The predicted molar refractivity (Wildman–Crippen MR) is 83.5 cm³/mol. The lowest BCUT2D eigenvalue weighted by molar-refractivity contribution is 0.0474. The fourth-order valence-corrected chi connectivity index (χ4v) is 4.46. The van der Waals surface area contributed by atoms with E-state index in [-0.39, 0.29) is 18.5 Å². The number of hydrogen-bond donors (Lipinski definition) is 1. The molecule has 1 aromatic rings. The largest absolute Gasteiger partial charge is 0.392 e. The highest BCUT2D eigenvalue weighted by Gasteiger charge is 2.39. The Balaban J connectivity index is 2.34. The molecule has 1 N–H and O–H groups in total. The molecule has 2 rings (SSSR count). The fourth-order valence-electron chi connectivity index (χ4n) is 2.79. The van der Waals surface area contributed by atoms with Gasteiger partial charge in [0.1, 0.15) is 0 Å². The SMILES string of the molecule is C=C(C)[C@H]1CN(S(=O)(=O)c2ccc(C)cc2)[C@@H](C)C[C@@H]1O. The maximum atomic E-state index is 12.8. The minimum absolute atomic E-state index is 0.207. The maximum Gasteiger partial charge on any atom is 0.243 e. The van der Waals surface area contributed by atoms with Gasteiger partial charge in [-0.05, 0) is 39.3 Å². The third-order valence-electron chi connectivity index (χ3n) is 4.18. The van der Waals surface area contributed by atoms with Crippen LogP contribution in [0, 0.1) is 12.8 Å². The fraction of sp³-hybridized carbons (Fsp3) is 0.500. The summed E-state index contributed by atoms with van der Waals surface area (Å²) in [6, 6.07) is 6.65. The molecule has 0 aliphatic carbocycles. The Labute approximate surface area is 127 Å². The van der Waals surface area contributed by atoms with Crippen LogP contribution in [0.1, 0.15) is 25.8 Å². The van der Waals surface area contributed by atoms with Crippen LogP contribution in [0.15, 0.2) is 41.3 Å². The molecule has 5 heteroatoms. The van der Waals surface area contributed by atoms with E-state index in [2.05, 4.69) is 6.58 Å². The Morgan fingerprint density at radius 2 is 1.90 bits per heavy atom.